The van der Waals surface area contributed by atoms with Crippen LogP contribution >= 0.6 is 0 Å². The number of pyridine rings is 2. The van der Waals surface area contributed by atoms with Gasteiger partial charge >= 0.3 is 0 Å². The first kappa shape index (κ1) is 19.5. The number of hydrogen-bond donors (Lipinski definition) is 1. The topological polar surface area (TPSA) is 55.0 Å². The van der Waals surface area contributed by atoms with Crippen LogP contribution in [0.5, 0.6) is 0 Å². The molecule has 4 heteroatoms. The zero-order chi connectivity index (χ0) is 18.3. The lowest BCUT2D eigenvalue weighted by molar-refractivity contribution is 0.190. The minimum atomic E-state index is 0.0841. The molecule has 0 aliphatic carbocycles. The van der Waals surface area contributed by atoms with Crippen molar-refractivity contribution in [2.75, 3.05) is 13.1 Å². The third-order valence-corrected chi connectivity index (χ3v) is 4.61. The van der Waals surface area contributed by atoms with Gasteiger partial charge in [-0.15, -0.1) is 0 Å². The molecule has 0 spiro atoms. The summed E-state index contributed by atoms with van der Waals surface area (Å²) in [5, 5.41) is 0. The van der Waals surface area contributed by atoms with Crippen LogP contribution in [-0.2, 0) is 12.0 Å². The van der Waals surface area contributed by atoms with Gasteiger partial charge < -0.3 is 5.73 Å². The smallest absolute Gasteiger partial charge is 0.0581 e. The highest BCUT2D eigenvalue weighted by molar-refractivity contribution is 5.27. The van der Waals surface area contributed by atoms with Gasteiger partial charge in [0.2, 0.25) is 0 Å². The predicted octanol–water partition coefficient (Wildman–Crippen LogP) is 4.08. The van der Waals surface area contributed by atoms with Gasteiger partial charge in [-0.25, -0.2) is 0 Å². The van der Waals surface area contributed by atoms with Crippen LogP contribution in [0.25, 0.3) is 0 Å². The van der Waals surface area contributed by atoms with Gasteiger partial charge in [0.1, 0.15) is 0 Å². The van der Waals surface area contributed by atoms with Crippen molar-refractivity contribution >= 4 is 0 Å². The number of aromatic nitrogens is 2. The molecule has 0 saturated carbocycles. The maximum atomic E-state index is 5.69. The Labute approximate surface area is 152 Å². The molecule has 0 aromatic carbocycles. The monoisotopic (exact) mass is 340 g/mol. The van der Waals surface area contributed by atoms with E-state index < -0.39 is 0 Å². The molecule has 2 aromatic heterocycles. The van der Waals surface area contributed by atoms with Crippen LogP contribution < -0.4 is 5.73 Å². The first-order valence-corrected chi connectivity index (χ1v) is 9.23. The normalized spacial score (nSPS) is 13.2. The minimum absolute atomic E-state index is 0.0841. The third kappa shape index (κ3) is 5.62. The van der Waals surface area contributed by atoms with E-state index in [-0.39, 0.29) is 11.5 Å². The van der Waals surface area contributed by atoms with Crippen LogP contribution in [0.4, 0.5) is 0 Å². The number of rotatable bonds is 8. The Morgan fingerprint density at radius 3 is 2.44 bits per heavy atom. The summed E-state index contributed by atoms with van der Waals surface area (Å²) in [7, 11) is 0. The average molecular weight is 341 g/mol. The van der Waals surface area contributed by atoms with Crippen molar-refractivity contribution in [1.82, 2.24) is 14.9 Å². The van der Waals surface area contributed by atoms with Gasteiger partial charge in [0.05, 0.1) is 11.4 Å². The molecule has 2 rings (SSSR count). The van der Waals surface area contributed by atoms with Crippen LogP contribution in [0.3, 0.4) is 0 Å². The van der Waals surface area contributed by atoms with Gasteiger partial charge in [-0.3, -0.25) is 14.9 Å². The van der Waals surface area contributed by atoms with Gasteiger partial charge in [0, 0.05) is 25.0 Å². The maximum absolute atomic E-state index is 5.69. The van der Waals surface area contributed by atoms with Gasteiger partial charge in [-0.2, -0.15) is 0 Å². The highest BCUT2D eigenvalue weighted by Crippen LogP contribution is 2.27. The zero-order valence-corrected chi connectivity index (χ0v) is 16.1. The number of hydrogen-bond acceptors (Lipinski definition) is 4. The van der Waals surface area contributed by atoms with Gasteiger partial charge in [-0.1, -0.05) is 32.9 Å². The Bertz CT molecular complexity index is 634. The Hall–Kier alpha value is -1.78. The highest BCUT2D eigenvalue weighted by atomic mass is 15.2. The van der Waals surface area contributed by atoms with Crippen molar-refractivity contribution in [3.05, 3.63) is 59.7 Å². The van der Waals surface area contributed by atoms with Crippen molar-refractivity contribution in [3.63, 3.8) is 0 Å². The van der Waals surface area contributed by atoms with Crippen molar-refractivity contribution in [3.8, 4) is 0 Å². The molecular formula is C21H32N4. The van der Waals surface area contributed by atoms with E-state index in [0.29, 0.717) is 0 Å². The molecule has 2 N–H and O–H groups in total. The fourth-order valence-electron chi connectivity index (χ4n) is 3.12. The first-order valence-electron chi connectivity index (χ1n) is 9.23. The van der Waals surface area contributed by atoms with E-state index in [1.165, 1.54) is 5.56 Å². The van der Waals surface area contributed by atoms with Crippen LogP contribution in [0.1, 0.15) is 63.5 Å². The fourth-order valence-corrected chi connectivity index (χ4v) is 3.12. The van der Waals surface area contributed by atoms with E-state index >= 15 is 0 Å². The number of nitrogens with two attached hydrogens (primary N) is 1. The molecule has 0 amide bonds. The molecule has 1 unspecified atom stereocenters. The molecule has 0 radical (unpaired) electrons. The molecule has 0 bridgehead atoms. The third-order valence-electron chi connectivity index (χ3n) is 4.61. The summed E-state index contributed by atoms with van der Waals surface area (Å²) < 4.78 is 0. The van der Waals surface area contributed by atoms with E-state index in [9.17, 15) is 0 Å². The summed E-state index contributed by atoms with van der Waals surface area (Å²) in [5.74, 6) is 0. The van der Waals surface area contributed by atoms with E-state index in [4.69, 9.17) is 10.7 Å². The second-order valence-corrected chi connectivity index (χ2v) is 7.64. The first-order chi connectivity index (χ1) is 11.9. The van der Waals surface area contributed by atoms with Crippen molar-refractivity contribution in [1.29, 1.82) is 0 Å². The SMILES string of the molecule is CC(c1ccccn1)N(CCCCN)Cc1ncccc1C(C)(C)C. The summed E-state index contributed by atoms with van der Waals surface area (Å²) in [5.41, 5.74) is 9.35. The molecule has 136 valence electrons. The minimum Gasteiger partial charge on any atom is -0.330 e. The standard InChI is InChI=1S/C21H32N4/c1-17(19-11-5-7-13-23-19)25(15-8-6-12-22)16-20-18(21(2,3)4)10-9-14-24-20/h5,7,9-11,13-14,17H,6,8,12,15-16,22H2,1-4H3. The Kier molecular flexibility index (Phi) is 7.09. The van der Waals surface area contributed by atoms with Crippen LogP contribution in [0, 0.1) is 0 Å². The van der Waals surface area contributed by atoms with Crippen molar-refractivity contribution in [2.45, 2.75) is 58.5 Å². The molecule has 0 aliphatic heterocycles. The summed E-state index contributed by atoms with van der Waals surface area (Å²) in [6, 6.07) is 10.6. The molecule has 1 atom stereocenters. The number of unbranched alkanes of at least 4 members (excludes halogenated alkanes) is 1. The Balaban J connectivity index is 2.25. The van der Waals surface area contributed by atoms with Crippen molar-refractivity contribution < 1.29 is 0 Å². The van der Waals surface area contributed by atoms with E-state index in [2.05, 4.69) is 55.8 Å². The van der Waals surface area contributed by atoms with Crippen LogP contribution in [0.2, 0.25) is 0 Å². The summed E-state index contributed by atoms with van der Waals surface area (Å²) in [4.78, 5) is 11.7. The van der Waals surface area contributed by atoms with Crippen LogP contribution in [0.15, 0.2) is 42.7 Å². The van der Waals surface area contributed by atoms with E-state index in [0.717, 1.165) is 43.9 Å². The summed E-state index contributed by atoms with van der Waals surface area (Å²) in [6.07, 6.45) is 5.89. The molecular weight excluding hydrogens is 308 g/mol. The van der Waals surface area contributed by atoms with Gasteiger partial charge in [0.15, 0.2) is 0 Å². The second-order valence-electron chi connectivity index (χ2n) is 7.64. The Morgan fingerprint density at radius 1 is 1.04 bits per heavy atom. The molecule has 4 nitrogen and oxygen atoms in total. The van der Waals surface area contributed by atoms with Crippen molar-refractivity contribution in [2.24, 2.45) is 5.73 Å². The van der Waals surface area contributed by atoms with E-state index in [1.807, 2.05) is 24.5 Å². The summed E-state index contributed by atoms with van der Waals surface area (Å²) in [6.45, 7) is 11.5. The molecule has 2 aromatic rings. The largest absolute Gasteiger partial charge is 0.330 e. The maximum Gasteiger partial charge on any atom is 0.0581 e. The van der Waals surface area contributed by atoms with E-state index in [1.54, 1.807) is 0 Å². The lowest BCUT2D eigenvalue weighted by Crippen LogP contribution is -2.30. The summed E-state index contributed by atoms with van der Waals surface area (Å²) >= 11 is 0. The lowest BCUT2D eigenvalue weighted by atomic mass is 9.85. The quantitative estimate of drug-likeness (QED) is 0.736. The Morgan fingerprint density at radius 2 is 1.80 bits per heavy atom. The molecule has 0 aliphatic rings. The molecule has 0 fully saturated rings. The molecule has 25 heavy (non-hydrogen) atoms. The lowest BCUT2D eigenvalue weighted by Gasteiger charge is -2.31. The van der Waals surface area contributed by atoms with Gasteiger partial charge in [-0.05, 0) is 62.0 Å². The average Bonchev–Trinajstić information content (AvgIpc) is 2.61. The molecule has 2 heterocycles. The predicted molar refractivity (Wildman–Crippen MR) is 104 cm³/mol. The second kappa shape index (κ2) is 9.07. The van der Waals surface area contributed by atoms with Gasteiger partial charge in [0.25, 0.3) is 0 Å². The highest BCUT2D eigenvalue weighted by Gasteiger charge is 2.23. The molecule has 0 saturated heterocycles. The van der Waals surface area contributed by atoms with Crippen LogP contribution in [-0.4, -0.2) is 28.0 Å². The number of nitrogens with zero attached hydrogens (tertiary/aromatic N) is 3. The fraction of sp³-hybridized carbons (Fsp3) is 0.524. The zero-order valence-electron chi connectivity index (χ0n) is 16.1.